The topological polar surface area (TPSA) is 38.7 Å². The first-order valence-corrected chi connectivity index (χ1v) is 8.11. The van der Waals surface area contributed by atoms with Crippen LogP contribution in [0.25, 0.3) is 0 Å². The van der Waals surface area contributed by atoms with Gasteiger partial charge in [-0.3, -0.25) is 0 Å². The van der Waals surface area contributed by atoms with Gasteiger partial charge >= 0.3 is 0 Å². The first kappa shape index (κ1) is 15.2. The quantitative estimate of drug-likeness (QED) is 0.777. The lowest BCUT2D eigenvalue weighted by Crippen LogP contribution is -2.55. The van der Waals surface area contributed by atoms with Gasteiger partial charge in [0, 0.05) is 16.0 Å². The molecule has 0 spiro atoms. The van der Waals surface area contributed by atoms with Gasteiger partial charge in [0.2, 0.25) is 0 Å². The van der Waals surface area contributed by atoms with Crippen molar-refractivity contribution in [1.82, 2.24) is 0 Å². The second kappa shape index (κ2) is 5.51. The summed E-state index contributed by atoms with van der Waals surface area (Å²) in [5.74, 6) is 0.169. The molecule has 1 aliphatic heterocycles. The van der Waals surface area contributed by atoms with E-state index in [0.717, 1.165) is 22.0 Å². The molecular weight excluding hydrogens is 332 g/mol. The molecule has 0 amide bonds. The molecule has 0 saturated carbocycles. The molecule has 1 saturated heterocycles. The second-order valence-corrected chi connectivity index (χ2v) is 7.36. The monoisotopic (exact) mass is 352 g/mol. The fourth-order valence-electron chi connectivity index (χ4n) is 3.20. The Morgan fingerprint density at radius 3 is 2.57 bits per heavy atom. The Hall–Kier alpha value is -0.680. The van der Waals surface area contributed by atoms with E-state index < -0.39 is 12.4 Å². The van der Waals surface area contributed by atoms with E-state index in [1.807, 2.05) is 31.2 Å². The Morgan fingerprint density at radius 1 is 1.24 bits per heavy atom. The molecule has 1 aromatic carbocycles. The van der Waals surface area contributed by atoms with E-state index in [0.29, 0.717) is 0 Å². The maximum absolute atomic E-state index is 10.5. The summed E-state index contributed by atoms with van der Waals surface area (Å²) in [7, 11) is 0. The number of hydrogen-bond donors (Lipinski definition) is 1. The van der Waals surface area contributed by atoms with Crippen LogP contribution in [0.4, 0.5) is 0 Å². The number of aliphatic hydroxyl groups is 1. The van der Waals surface area contributed by atoms with Gasteiger partial charge in [0.05, 0.1) is 11.7 Å². The summed E-state index contributed by atoms with van der Waals surface area (Å²) in [6.45, 7) is 6.13. The maximum atomic E-state index is 10.5. The van der Waals surface area contributed by atoms with Gasteiger partial charge in [-0.15, -0.1) is 0 Å². The largest absolute Gasteiger partial charge is 0.386 e. The minimum Gasteiger partial charge on any atom is -0.386 e. The Labute approximate surface area is 134 Å². The van der Waals surface area contributed by atoms with Crippen molar-refractivity contribution in [3.8, 4) is 0 Å². The average molecular weight is 353 g/mol. The van der Waals surface area contributed by atoms with E-state index in [1.54, 1.807) is 0 Å². The molecular formula is C17H21BrO3. The average Bonchev–Trinajstić information content (AvgIpc) is 2.43. The summed E-state index contributed by atoms with van der Waals surface area (Å²) >= 11 is 3.44. The summed E-state index contributed by atoms with van der Waals surface area (Å²) in [5.41, 5.74) is 1.63. The normalized spacial score (nSPS) is 35.0. The molecule has 3 rings (SSSR count). The van der Waals surface area contributed by atoms with E-state index in [1.165, 1.54) is 0 Å². The minimum absolute atomic E-state index is 0.169. The Balaban J connectivity index is 1.90. The number of rotatable bonds is 1. The SMILES string of the molecule is CC1=CC[C@@H]2[C@@H](O[C@H](c3ccc(Br)cc3)OC2(C)C)[C@@H]1O. The molecule has 0 aromatic heterocycles. The van der Waals surface area contributed by atoms with Crippen LogP contribution in [-0.2, 0) is 9.47 Å². The van der Waals surface area contributed by atoms with Gasteiger partial charge in [0.25, 0.3) is 0 Å². The van der Waals surface area contributed by atoms with Crippen LogP contribution in [0, 0.1) is 5.92 Å². The number of benzene rings is 1. The number of ether oxygens (including phenoxy) is 2. The van der Waals surface area contributed by atoms with E-state index in [-0.39, 0.29) is 17.6 Å². The summed E-state index contributed by atoms with van der Waals surface area (Å²) in [4.78, 5) is 0. The van der Waals surface area contributed by atoms with Crippen molar-refractivity contribution in [3.05, 3.63) is 46.0 Å². The van der Waals surface area contributed by atoms with Gasteiger partial charge in [-0.05, 0) is 44.9 Å². The minimum atomic E-state index is -0.551. The highest BCUT2D eigenvalue weighted by Gasteiger charge is 2.49. The van der Waals surface area contributed by atoms with E-state index >= 15 is 0 Å². The molecule has 1 N–H and O–H groups in total. The smallest absolute Gasteiger partial charge is 0.184 e. The van der Waals surface area contributed by atoms with Crippen molar-refractivity contribution < 1.29 is 14.6 Å². The summed E-state index contributed by atoms with van der Waals surface area (Å²) < 4.78 is 13.3. The van der Waals surface area contributed by atoms with Crippen molar-refractivity contribution >= 4 is 15.9 Å². The zero-order valence-corrected chi connectivity index (χ0v) is 14.1. The number of hydrogen-bond acceptors (Lipinski definition) is 3. The molecule has 2 aliphatic rings. The number of allylic oxidation sites excluding steroid dienone is 1. The predicted molar refractivity (Wildman–Crippen MR) is 84.8 cm³/mol. The molecule has 0 bridgehead atoms. The van der Waals surface area contributed by atoms with Crippen molar-refractivity contribution in [2.75, 3.05) is 0 Å². The molecule has 3 nitrogen and oxygen atoms in total. The number of halogens is 1. The van der Waals surface area contributed by atoms with Gasteiger partial charge in [-0.25, -0.2) is 0 Å². The lowest BCUT2D eigenvalue weighted by Gasteiger charge is -2.50. The highest BCUT2D eigenvalue weighted by molar-refractivity contribution is 9.10. The van der Waals surface area contributed by atoms with Gasteiger partial charge in [0.1, 0.15) is 6.10 Å². The fourth-order valence-corrected chi connectivity index (χ4v) is 3.46. The van der Waals surface area contributed by atoms with Crippen LogP contribution in [0.15, 0.2) is 40.4 Å². The fraction of sp³-hybridized carbons (Fsp3) is 0.529. The third kappa shape index (κ3) is 2.82. The van der Waals surface area contributed by atoms with Gasteiger partial charge < -0.3 is 14.6 Å². The van der Waals surface area contributed by atoms with Gasteiger partial charge in [-0.2, -0.15) is 0 Å². The molecule has 0 unspecified atom stereocenters. The van der Waals surface area contributed by atoms with E-state index in [2.05, 4.69) is 35.9 Å². The summed E-state index contributed by atoms with van der Waals surface area (Å²) in [6.07, 6.45) is 1.78. The summed E-state index contributed by atoms with van der Waals surface area (Å²) in [6, 6.07) is 7.93. The lowest BCUT2D eigenvalue weighted by molar-refractivity contribution is -0.318. The molecule has 4 atom stereocenters. The summed E-state index contributed by atoms with van der Waals surface area (Å²) in [5, 5.41) is 10.5. The van der Waals surface area contributed by atoms with Crippen LogP contribution >= 0.6 is 15.9 Å². The molecule has 0 radical (unpaired) electrons. The highest BCUT2D eigenvalue weighted by atomic mass is 79.9. The predicted octanol–water partition coefficient (Wildman–Crippen LogP) is 3.97. The van der Waals surface area contributed by atoms with Crippen LogP contribution in [0.2, 0.25) is 0 Å². The maximum Gasteiger partial charge on any atom is 0.184 e. The van der Waals surface area contributed by atoms with Crippen LogP contribution in [0.1, 0.15) is 39.0 Å². The highest BCUT2D eigenvalue weighted by Crippen LogP contribution is 2.45. The number of fused-ring (bicyclic) bond motifs is 1. The molecule has 4 heteroatoms. The third-order valence-corrected chi connectivity index (χ3v) is 5.12. The van der Waals surface area contributed by atoms with Crippen LogP contribution in [0.5, 0.6) is 0 Å². The van der Waals surface area contributed by atoms with Gasteiger partial charge in [0.15, 0.2) is 6.29 Å². The molecule has 1 heterocycles. The van der Waals surface area contributed by atoms with E-state index in [9.17, 15) is 5.11 Å². The number of aliphatic hydroxyl groups excluding tert-OH is 1. The van der Waals surface area contributed by atoms with Crippen molar-refractivity contribution in [1.29, 1.82) is 0 Å². The first-order chi connectivity index (χ1) is 9.88. The van der Waals surface area contributed by atoms with Crippen LogP contribution in [-0.4, -0.2) is 22.9 Å². The van der Waals surface area contributed by atoms with E-state index in [4.69, 9.17) is 9.47 Å². The lowest BCUT2D eigenvalue weighted by atomic mass is 9.75. The third-order valence-electron chi connectivity index (χ3n) is 4.59. The first-order valence-electron chi connectivity index (χ1n) is 7.32. The zero-order chi connectivity index (χ0) is 15.2. The van der Waals surface area contributed by atoms with Crippen molar-refractivity contribution in [2.45, 2.75) is 51.3 Å². The van der Waals surface area contributed by atoms with Gasteiger partial charge in [-0.1, -0.05) is 34.1 Å². The standard InChI is InChI=1S/C17H21BrO3/c1-10-4-9-13-15(14(10)19)20-16(21-17(13,2)3)11-5-7-12(18)8-6-11/h4-8,13-16,19H,9H2,1-3H3/t13-,14-,15-,16+/m1/s1. The molecule has 1 aromatic rings. The van der Waals surface area contributed by atoms with Crippen molar-refractivity contribution in [2.24, 2.45) is 5.92 Å². The van der Waals surface area contributed by atoms with Crippen molar-refractivity contribution in [3.63, 3.8) is 0 Å². The Bertz CT molecular complexity index is 550. The molecule has 1 fully saturated rings. The van der Waals surface area contributed by atoms with Crippen LogP contribution in [0.3, 0.4) is 0 Å². The Kier molecular flexibility index (Phi) is 3.99. The molecule has 1 aliphatic carbocycles. The molecule has 114 valence electrons. The zero-order valence-electron chi connectivity index (χ0n) is 12.5. The second-order valence-electron chi connectivity index (χ2n) is 6.44. The molecule has 21 heavy (non-hydrogen) atoms. The van der Waals surface area contributed by atoms with Crippen LogP contribution < -0.4 is 0 Å². The Morgan fingerprint density at radius 2 is 1.90 bits per heavy atom.